The summed E-state index contributed by atoms with van der Waals surface area (Å²) in [6.07, 6.45) is 11.1. The minimum Gasteiger partial charge on any atom is -0.378 e. The molecule has 4 rings (SSSR count). The zero-order valence-corrected chi connectivity index (χ0v) is 16.8. The Labute approximate surface area is 154 Å². The topological polar surface area (TPSA) is 33.0 Å². The average molecular weight is 344 g/mol. The zero-order chi connectivity index (χ0) is 17.8. The first kappa shape index (κ1) is 17.8. The summed E-state index contributed by atoms with van der Waals surface area (Å²) < 4.78 is 6.19. The third-order valence-electron chi connectivity index (χ3n) is 9.53. The molecule has 0 spiro atoms. The van der Waals surface area contributed by atoms with Crippen LogP contribution in [0.5, 0.6) is 0 Å². The van der Waals surface area contributed by atoms with E-state index >= 15 is 0 Å². The van der Waals surface area contributed by atoms with E-state index in [1.54, 1.807) is 0 Å². The van der Waals surface area contributed by atoms with E-state index in [0.717, 1.165) is 42.6 Å². The second-order valence-corrected chi connectivity index (χ2v) is 10.4. The lowest BCUT2D eigenvalue weighted by Gasteiger charge is -2.61. The number of rotatable bonds is 2. The van der Waals surface area contributed by atoms with Crippen molar-refractivity contribution in [2.45, 2.75) is 85.2 Å². The van der Waals surface area contributed by atoms with E-state index in [2.05, 4.69) is 33.8 Å². The predicted octanol–water partition coefficient (Wildman–Crippen LogP) is 5.82. The molecule has 0 N–H and O–H groups in total. The largest absolute Gasteiger partial charge is 0.378 e. The van der Waals surface area contributed by atoms with E-state index in [-0.39, 0.29) is 0 Å². The summed E-state index contributed by atoms with van der Waals surface area (Å²) in [7, 11) is 0. The van der Waals surface area contributed by atoms with E-state index in [1.807, 2.05) is 0 Å². The summed E-state index contributed by atoms with van der Waals surface area (Å²) in [6.45, 7) is 10.5. The number of nitrogens with zero attached hydrogens (tertiary/aromatic N) is 1. The molecule has 140 valence electrons. The number of ether oxygens (including phenoxy) is 1. The molecule has 4 aliphatic carbocycles. The first-order valence-corrected chi connectivity index (χ1v) is 10.9. The van der Waals surface area contributed by atoms with Gasteiger partial charge in [-0.3, -0.25) is 0 Å². The highest BCUT2D eigenvalue weighted by molar-refractivity contribution is 5.13. The van der Waals surface area contributed by atoms with Crippen LogP contribution in [0.15, 0.2) is 0 Å². The molecular weight excluding hydrogens is 306 g/mol. The fourth-order valence-electron chi connectivity index (χ4n) is 8.12. The Bertz CT molecular complexity index is 553. The highest BCUT2D eigenvalue weighted by Gasteiger charge is 2.61. The van der Waals surface area contributed by atoms with Crippen molar-refractivity contribution >= 4 is 0 Å². The molecule has 0 saturated heterocycles. The Hall–Kier alpha value is -0.550. The zero-order valence-electron chi connectivity index (χ0n) is 16.8. The van der Waals surface area contributed by atoms with Gasteiger partial charge in [-0.2, -0.15) is 5.26 Å². The molecule has 0 aliphatic heterocycles. The van der Waals surface area contributed by atoms with E-state index < -0.39 is 0 Å². The van der Waals surface area contributed by atoms with E-state index in [0.29, 0.717) is 22.9 Å². The molecule has 0 aromatic rings. The van der Waals surface area contributed by atoms with E-state index in [9.17, 15) is 5.26 Å². The molecule has 0 aromatic heterocycles. The highest BCUT2D eigenvalue weighted by Crippen LogP contribution is 2.67. The van der Waals surface area contributed by atoms with Gasteiger partial charge in [0.1, 0.15) is 0 Å². The Morgan fingerprint density at radius 1 is 1.04 bits per heavy atom. The normalized spacial score (nSPS) is 54.9. The lowest BCUT2D eigenvalue weighted by atomic mass is 9.44. The van der Waals surface area contributed by atoms with Gasteiger partial charge in [0.15, 0.2) is 0 Å². The monoisotopic (exact) mass is 343 g/mol. The van der Waals surface area contributed by atoms with Crippen molar-refractivity contribution < 1.29 is 4.74 Å². The van der Waals surface area contributed by atoms with Crippen LogP contribution in [0, 0.1) is 57.7 Å². The van der Waals surface area contributed by atoms with Crippen molar-refractivity contribution in [2.75, 3.05) is 6.61 Å². The summed E-state index contributed by atoms with van der Waals surface area (Å²) in [5.74, 6) is 4.48. The van der Waals surface area contributed by atoms with Gasteiger partial charge in [0.2, 0.25) is 0 Å². The van der Waals surface area contributed by atoms with Crippen LogP contribution < -0.4 is 0 Å². The maximum Gasteiger partial charge on any atom is 0.0661 e. The summed E-state index contributed by atoms with van der Waals surface area (Å²) in [5.41, 5.74) is 0.779. The third-order valence-corrected chi connectivity index (χ3v) is 9.53. The first-order valence-electron chi connectivity index (χ1n) is 10.9. The molecule has 0 heterocycles. The van der Waals surface area contributed by atoms with Crippen molar-refractivity contribution in [1.29, 1.82) is 5.26 Å². The van der Waals surface area contributed by atoms with Gasteiger partial charge in [-0.05, 0) is 98.7 Å². The molecule has 2 nitrogen and oxygen atoms in total. The number of nitriles is 1. The van der Waals surface area contributed by atoms with Gasteiger partial charge >= 0.3 is 0 Å². The summed E-state index contributed by atoms with van der Waals surface area (Å²) in [6, 6.07) is 2.67. The lowest BCUT2D eigenvalue weighted by molar-refractivity contribution is -0.151. The Morgan fingerprint density at radius 2 is 1.80 bits per heavy atom. The van der Waals surface area contributed by atoms with E-state index in [4.69, 9.17) is 4.74 Å². The molecular formula is C23H37NO. The summed E-state index contributed by atoms with van der Waals surface area (Å²) >= 11 is 0. The molecule has 0 radical (unpaired) electrons. The van der Waals surface area contributed by atoms with Crippen molar-refractivity contribution in [3.63, 3.8) is 0 Å². The molecule has 4 fully saturated rings. The van der Waals surface area contributed by atoms with Crippen molar-refractivity contribution in [2.24, 2.45) is 46.3 Å². The molecule has 0 aromatic carbocycles. The molecule has 25 heavy (non-hydrogen) atoms. The minimum atomic E-state index is 0.306. The smallest absolute Gasteiger partial charge is 0.0661 e. The van der Waals surface area contributed by atoms with Crippen LogP contribution in [0.4, 0.5) is 0 Å². The van der Waals surface area contributed by atoms with Crippen molar-refractivity contribution in [3.8, 4) is 6.07 Å². The van der Waals surface area contributed by atoms with Crippen LogP contribution in [0.25, 0.3) is 0 Å². The Balaban J connectivity index is 1.60. The second kappa shape index (κ2) is 6.26. The van der Waals surface area contributed by atoms with Gasteiger partial charge in [-0.1, -0.05) is 20.8 Å². The molecule has 0 bridgehead atoms. The Kier molecular flexibility index (Phi) is 4.47. The maximum atomic E-state index is 9.66. The molecule has 0 amide bonds. The standard InChI is InChI=1S/C23H37NO/c1-5-25-21-13-23(4)16(12-15(21)2)6-8-18-19-9-7-17(14-24)22(19,3)11-10-20(18)23/h15-21H,5-13H2,1-4H3/t15-,16-,17?,18-,19-,20-,21-,22+,23-/m0/s1. The maximum absolute atomic E-state index is 9.66. The SMILES string of the molecule is CCO[C@H]1C[C@@]2(C)[C@@H](CC[C@@H]3[C@@H]2CC[C@]2(C)C(C#N)CC[C@@H]32)C[C@@H]1C. The quantitative estimate of drug-likeness (QED) is 0.633. The average Bonchev–Trinajstić information content (AvgIpc) is 2.93. The van der Waals surface area contributed by atoms with Crippen molar-refractivity contribution in [1.82, 2.24) is 0 Å². The Morgan fingerprint density at radius 3 is 2.52 bits per heavy atom. The second-order valence-electron chi connectivity index (χ2n) is 10.4. The van der Waals surface area contributed by atoms with Crippen molar-refractivity contribution in [3.05, 3.63) is 0 Å². The van der Waals surface area contributed by atoms with Gasteiger partial charge in [-0.25, -0.2) is 0 Å². The van der Waals surface area contributed by atoms with Crippen LogP contribution >= 0.6 is 0 Å². The van der Waals surface area contributed by atoms with E-state index in [1.165, 1.54) is 44.9 Å². The van der Waals surface area contributed by atoms with Gasteiger partial charge < -0.3 is 4.74 Å². The van der Waals surface area contributed by atoms with Crippen LogP contribution in [0.3, 0.4) is 0 Å². The fraction of sp³-hybridized carbons (Fsp3) is 0.957. The number of hydrogen-bond acceptors (Lipinski definition) is 2. The lowest BCUT2D eigenvalue weighted by Crippen LogP contribution is -2.55. The van der Waals surface area contributed by atoms with Crippen LogP contribution in [-0.2, 0) is 4.74 Å². The van der Waals surface area contributed by atoms with Crippen LogP contribution in [-0.4, -0.2) is 12.7 Å². The van der Waals surface area contributed by atoms with Gasteiger partial charge in [0.05, 0.1) is 18.1 Å². The van der Waals surface area contributed by atoms with Gasteiger partial charge in [-0.15, -0.1) is 0 Å². The number of fused-ring (bicyclic) bond motifs is 5. The van der Waals surface area contributed by atoms with Gasteiger partial charge in [0, 0.05) is 6.61 Å². The molecule has 4 saturated carbocycles. The summed E-state index contributed by atoms with van der Waals surface area (Å²) in [5, 5.41) is 9.66. The molecule has 1 unspecified atom stereocenters. The summed E-state index contributed by atoms with van der Waals surface area (Å²) in [4.78, 5) is 0. The van der Waals surface area contributed by atoms with Gasteiger partial charge in [0.25, 0.3) is 0 Å². The highest BCUT2D eigenvalue weighted by atomic mass is 16.5. The fourth-order valence-corrected chi connectivity index (χ4v) is 8.12. The third kappa shape index (κ3) is 2.52. The predicted molar refractivity (Wildman–Crippen MR) is 101 cm³/mol. The number of hydrogen-bond donors (Lipinski definition) is 0. The molecule has 2 heteroatoms. The molecule has 9 atom stereocenters. The molecule has 4 aliphatic rings. The van der Waals surface area contributed by atoms with Crippen LogP contribution in [0.2, 0.25) is 0 Å². The first-order chi connectivity index (χ1) is 11.9. The minimum absolute atomic E-state index is 0.306. The van der Waals surface area contributed by atoms with Crippen LogP contribution in [0.1, 0.15) is 79.1 Å².